The van der Waals surface area contributed by atoms with Crippen LogP contribution in [0.25, 0.3) is 10.4 Å². The summed E-state index contributed by atoms with van der Waals surface area (Å²) in [5, 5.41) is 21.2. The Morgan fingerprint density at radius 3 is 2.60 bits per heavy atom. The lowest BCUT2D eigenvalue weighted by atomic mass is 9.86. The highest BCUT2D eigenvalue weighted by molar-refractivity contribution is 5.23. The van der Waals surface area contributed by atoms with Crippen LogP contribution in [-0.4, -0.2) is 6.54 Å². The lowest BCUT2D eigenvalue weighted by Gasteiger charge is -2.12. The fourth-order valence-electron chi connectivity index (χ4n) is 1.09. The first-order valence-electron chi connectivity index (χ1n) is 4.75. The van der Waals surface area contributed by atoms with E-state index in [0.717, 1.165) is 6.42 Å². The van der Waals surface area contributed by atoms with Crippen LogP contribution in [0.2, 0.25) is 0 Å². The van der Waals surface area contributed by atoms with Crippen molar-refractivity contribution in [3.05, 3.63) is 22.6 Å². The Balaban J connectivity index is 4.40. The molecule has 0 aromatic rings. The van der Waals surface area contributed by atoms with Gasteiger partial charge in [-0.2, -0.15) is 10.5 Å². The molecule has 0 atom stereocenters. The second-order valence-corrected chi connectivity index (χ2v) is 3.06. The van der Waals surface area contributed by atoms with Gasteiger partial charge in [-0.1, -0.05) is 24.2 Å². The predicted molar refractivity (Wildman–Crippen MR) is 56.3 cm³/mol. The lowest BCUT2D eigenvalue weighted by Crippen LogP contribution is -2.13. The molecule has 0 aliphatic heterocycles. The first kappa shape index (κ1) is 13.0. The van der Waals surface area contributed by atoms with Crippen molar-refractivity contribution in [3.63, 3.8) is 0 Å². The maximum Gasteiger partial charge on any atom is 0.161 e. The molecule has 0 saturated heterocycles. The van der Waals surface area contributed by atoms with Gasteiger partial charge in [0.1, 0.15) is 0 Å². The van der Waals surface area contributed by atoms with Crippen LogP contribution in [-0.2, 0) is 0 Å². The second kappa shape index (κ2) is 7.44. The molecule has 0 spiro atoms. The highest BCUT2D eigenvalue weighted by Gasteiger charge is 2.25. The zero-order valence-corrected chi connectivity index (χ0v) is 8.72. The summed E-state index contributed by atoms with van der Waals surface area (Å²) in [5.41, 5.74) is 7.00. The molecular weight excluding hydrogens is 190 g/mol. The lowest BCUT2D eigenvalue weighted by molar-refractivity contribution is 0.563. The fraction of sp³-hybridized carbons (Fsp3) is 0.600. The average Bonchev–Trinajstić information content (AvgIpc) is 2.29. The van der Waals surface area contributed by atoms with E-state index in [1.54, 1.807) is 12.2 Å². The second-order valence-electron chi connectivity index (χ2n) is 3.06. The smallest absolute Gasteiger partial charge is 0.161 e. The van der Waals surface area contributed by atoms with E-state index in [-0.39, 0.29) is 0 Å². The number of rotatable bonds is 6. The maximum absolute atomic E-state index is 8.93. The average molecular weight is 203 g/mol. The molecule has 0 heterocycles. The summed E-state index contributed by atoms with van der Waals surface area (Å²) in [4.78, 5) is 2.61. The molecular formula is C10H13N5. The largest absolute Gasteiger partial charge is 0.196 e. The van der Waals surface area contributed by atoms with Gasteiger partial charge in [-0.15, -0.1) is 0 Å². The molecule has 0 rings (SSSR count). The van der Waals surface area contributed by atoms with E-state index >= 15 is 0 Å². The van der Waals surface area contributed by atoms with Gasteiger partial charge in [0.2, 0.25) is 0 Å². The number of hydrogen-bond donors (Lipinski definition) is 0. The van der Waals surface area contributed by atoms with Gasteiger partial charge in [0.15, 0.2) is 5.41 Å². The molecule has 0 aromatic heterocycles. The first-order chi connectivity index (χ1) is 7.24. The SMILES string of the molecule is CCC=CC(C#N)(C#N)CCCN=[N+]=[N-]. The fourth-order valence-corrected chi connectivity index (χ4v) is 1.09. The molecule has 0 bridgehead atoms. The van der Waals surface area contributed by atoms with E-state index in [1.165, 1.54) is 0 Å². The minimum atomic E-state index is -1.07. The van der Waals surface area contributed by atoms with E-state index in [2.05, 4.69) is 10.0 Å². The summed E-state index contributed by atoms with van der Waals surface area (Å²) in [6.07, 6.45) is 5.17. The van der Waals surface area contributed by atoms with Gasteiger partial charge in [0, 0.05) is 11.5 Å². The molecule has 0 unspecified atom stereocenters. The van der Waals surface area contributed by atoms with Crippen molar-refractivity contribution in [2.75, 3.05) is 6.54 Å². The molecule has 0 radical (unpaired) electrons. The van der Waals surface area contributed by atoms with Crippen LogP contribution < -0.4 is 0 Å². The van der Waals surface area contributed by atoms with Crippen LogP contribution in [0.5, 0.6) is 0 Å². The minimum absolute atomic E-state index is 0.321. The van der Waals surface area contributed by atoms with Crippen LogP contribution in [0, 0.1) is 28.1 Å². The maximum atomic E-state index is 8.93. The van der Waals surface area contributed by atoms with Crippen molar-refractivity contribution in [2.24, 2.45) is 10.5 Å². The van der Waals surface area contributed by atoms with E-state index in [1.807, 2.05) is 19.1 Å². The summed E-state index contributed by atoms with van der Waals surface area (Å²) in [6.45, 7) is 2.26. The molecule has 0 aliphatic rings. The Labute approximate surface area is 89.3 Å². The molecule has 0 saturated carbocycles. The third kappa shape index (κ3) is 4.71. The molecule has 78 valence electrons. The van der Waals surface area contributed by atoms with Gasteiger partial charge in [0.25, 0.3) is 0 Å². The van der Waals surface area contributed by atoms with Crippen LogP contribution in [0.15, 0.2) is 17.3 Å². The van der Waals surface area contributed by atoms with Gasteiger partial charge in [0.05, 0.1) is 12.1 Å². The number of nitrogens with zero attached hydrogens (tertiary/aromatic N) is 5. The monoisotopic (exact) mass is 203 g/mol. The molecule has 5 heteroatoms. The molecule has 0 N–H and O–H groups in total. The molecule has 0 fully saturated rings. The number of nitriles is 2. The summed E-state index contributed by atoms with van der Waals surface area (Å²) < 4.78 is 0. The van der Waals surface area contributed by atoms with Crippen LogP contribution in [0.3, 0.4) is 0 Å². The number of azide groups is 1. The third-order valence-corrected chi connectivity index (χ3v) is 1.93. The molecule has 15 heavy (non-hydrogen) atoms. The van der Waals surface area contributed by atoms with Crippen molar-refractivity contribution in [1.29, 1.82) is 10.5 Å². The van der Waals surface area contributed by atoms with E-state index in [0.29, 0.717) is 19.4 Å². The molecule has 0 aliphatic carbocycles. The van der Waals surface area contributed by atoms with Crippen LogP contribution >= 0.6 is 0 Å². The zero-order valence-electron chi connectivity index (χ0n) is 8.72. The van der Waals surface area contributed by atoms with Gasteiger partial charge in [-0.25, -0.2) is 0 Å². The summed E-state index contributed by atoms with van der Waals surface area (Å²) in [7, 11) is 0. The highest BCUT2D eigenvalue weighted by Crippen LogP contribution is 2.24. The van der Waals surface area contributed by atoms with Crippen molar-refractivity contribution < 1.29 is 0 Å². The number of hydrogen-bond acceptors (Lipinski definition) is 3. The Bertz CT molecular complexity index is 324. The zero-order chi connectivity index (χ0) is 11.6. The van der Waals surface area contributed by atoms with Gasteiger partial charge in [-0.3, -0.25) is 0 Å². The van der Waals surface area contributed by atoms with Crippen LogP contribution in [0.4, 0.5) is 0 Å². The molecule has 5 nitrogen and oxygen atoms in total. The Morgan fingerprint density at radius 2 is 2.13 bits per heavy atom. The van der Waals surface area contributed by atoms with Crippen LogP contribution in [0.1, 0.15) is 26.2 Å². The predicted octanol–water partition coefficient (Wildman–Crippen LogP) is 3.08. The van der Waals surface area contributed by atoms with E-state index in [4.69, 9.17) is 16.1 Å². The molecule has 0 aromatic carbocycles. The highest BCUT2D eigenvalue weighted by atomic mass is 15.1. The molecule has 0 amide bonds. The van der Waals surface area contributed by atoms with Crippen molar-refractivity contribution >= 4 is 0 Å². The van der Waals surface area contributed by atoms with Gasteiger partial charge < -0.3 is 0 Å². The number of allylic oxidation sites excluding steroid dienone is 2. The summed E-state index contributed by atoms with van der Waals surface area (Å²) >= 11 is 0. The first-order valence-corrected chi connectivity index (χ1v) is 4.75. The third-order valence-electron chi connectivity index (χ3n) is 1.93. The topological polar surface area (TPSA) is 96.3 Å². The standard InChI is InChI=1S/C10H13N5/c1-2-3-5-10(8-11,9-12)6-4-7-14-15-13/h3,5H,2,4,6-7H2,1H3. The van der Waals surface area contributed by atoms with Crippen molar-refractivity contribution in [3.8, 4) is 12.1 Å². The quantitative estimate of drug-likeness (QED) is 0.218. The van der Waals surface area contributed by atoms with Crippen molar-refractivity contribution in [2.45, 2.75) is 26.2 Å². The summed E-state index contributed by atoms with van der Waals surface area (Å²) in [5.74, 6) is 0. The van der Waals surface area contributed by atoms with E-state index in [9.17, 15) is 0 Å². The van der Waals surface area contributed by atoms with Gasteiger partial charge >= 0.3 is 0 Å². The minimum Gasteiger partial charge on any atom is -0.196 e. The van der Waals surface area contributed by atoms with Gasteiger partial charge in [-0.05, 0) is 24.8 Å². The van der Waals surface area contributed by atoms with Crippen molar-refractivity contribution in [1.82, 2.24) is 0 Å². The Hall–Kier alpha value is -1.97. The Morgan fingerprint density at radius 1 is 1.47 bits per heavy atom. The van der Waals surface area contributed by atoms with E-state index < -0.39 is 5.41 Å². The summed E-state index contributed by atoms with van der Waals surface area (Å²) in [6, 6.07) is 3.99. The Kier molecular flexibility index (Phi) is 6.46. The normalized spacial score (nSPS) is 10.3.